The van der Waals surface area contributed by atoms with Crippen molar-refractivity contribution in [1.82, 2.24) is 0 Å². The van der Waals surface area contributed by atoms with Gasteiger partial charge in [-0.3, -0.25) is 0 Å². The van der Waals surface area contributed by atoms with Crippen molar-refractivity contribution in [2.24, 2.45) is 5.11 Å². The van der Waals surface area contributed by atoms with Gasteiger partial charge in [-0.15, -0.1) is 0 Å². The van der Waals surface area contributed by atoms with E-state index in [9.17, 15) is 0 Å². The molecule has 0 saturated carbocycles. The highest BCUT2D eigenvalue weighted by Gasteiger charge is 2.18. The van der Waals surface area contributed by atoms with E-state index < -0.39 is 0 Å². The zero-order chi connectivity index (χ0) is 8.04. The van der Waals surface area contributed by atoms with E-state index in [0.717, 1.165) is 6.42 Å². The fourth-order valence-electron chi connectivity index (χ4n) is 0.502. The van der Waals surface area contributed by atoms with Gasteiger partial charge in [0.2, 0.25) is 0 Å². The highest BCUT2D eigenvalue weighted by molar-refractivity contribution is 4.75. The molecule has 0 spiro atoms. The summed E-state index contributed by atoms with van der Waals surface area (Å²) in [5, 5.41) is 3.44. The summed E-state index contributed by atoms with van der Waals surface area (Å²) in [6.45, 7) is 4.31. The Bertz CT molecular complexity index is 136. The number of rotatable bonds is 4. The Morgan fingerprint density at radius 1 is 1.70 bits per heavy atom. The van der Waals surface area contributed by atoms with Gasteiger partial charge < -0.3 is 4.74 Å². The molecule has 4 heteroatoms. The Kier molecular flexibility index (Phi) is 3.84. The Balaban J connectivity index is 3.92. The molecular formula is C6H13N3O. The maximum absolute atomic E-state index is 8.02. The average Bonchev–Trinajstić information content (AvgIpc) is 2.00. The first kappa shape index (κ1) is 9.27. The second kappa shape index (κ2) is 4.14. The molecular weight excluding hydrogens is 130 g/mol. The molecule has 0 rings (SSSR count). The molecule has 0 N–H and O–H groups in total. The number of hydrogen-bond donors (Lipinski definition) is 0. The summed E-state index contributed by atoms with van der Waals surface area (Å²) in [6, 6.07) is 0. The van der Waals surface area contributed by atoms with Crippen LogP contribution in [0.2, 0.25) is 0 Å². The summed E-state index contributed by atoms with van der Waals surface area (Å²) in [4.78, 5) is 2.66. The summed E-state index contributed by atoms with van der Waals surface area (Å²) in [5.41, 5.74) is 7.74. The lowest BCUT2D eigenvalue weighted by Gasteiger charge is -2.23. The van der Waals surface area contributed by atoms with Gasteiger partial charge in [-0.1, -0.05) is 12.0 Å². The molecule has 10 heavy (non-hydrogen) atoms. The zero-order valence-corrected chi connectivity index (χ0v) is 6.66. The van der Waals surface area contributed by atoms with Gasteiger partial charge in [0.25, 0.3) is 0 Å². The van der Waals surface area contributed by atoms with Crippen molar-refractivity contribution in [3.63, 3.8) is 0 Å². The Morgan fingerprint density at radius 3 is 2.60 bits per heavy atom. The highest BCUT2D eigenvalue weighted by Crippen LogP contribution is 2.13. The lowest BCUT2D eigenvalue weighted by Crippen LogP contribution is -2.29. The average molecular weight is 143 g/mol. The van der Waals surface area contributed by atoms with E-state index in [1.165, 1.54) is 0 Å². The quantitative estimate of drug-likeness (QED) is 0.338. The van der Waals surface area contributed by atoms with Gasteiger partial charge in [-0.05, 0) is 18.9 Å². The summed E-state index contributed by atoms with van der Waals surface area (Å²) in [5.74, 6) is 0. The summed E-state index contributed by atoms with van der Waals surface area (Å²) in [7, 11) is 1.62. The third-order valence-corrected chi connectivity index (χ3v) is 1.71. The predicted molar refractivity (Wildman–Crippen MR) is 39.7 cm³/mol. The maximum atomic E-state index is 8.02. The van der Waals surface area contributed by atoms with Crippen LogP contribution in [-0.2, 0) is 4.74 Å². The van der Waals surface area contributed by atoms with Gasteiger partial charge in [0, 0.05) is 12.0 Å². The molecule has 0 fully saturated rings. The fraction of sp³-hybridized carbons (Fsp3) is 1.00. The minimum atomic E-state index is -0.285. The van der Waals surface area contributed by atoms with Crippen LogP contribution in [-0.4, -0.2) is 19.3 Å². The lowest BCUT2D eigenvalue weighted by atomic mass is 10.0. The molecule has 0 bridgehead atoms. The van der Waals surface area contributed by atoms with Crippen LogP contribution in [0.4, 0.5) is 0 Å². The minimum absolute atomic E-state index is 0.285. The minimum Gasteiger partial charge on any atom is -0.378 e. The number of hydrogen-bond acceptors (Lipinski definition) is 2. The monoisotopic (exact) mass is 143 g/mol. The molecule has 0 aliphatic carbocycles. The normalized spacial score (nSPS) is 15.5. The largest absolute Gasteiger partial charge is 0.378 e. The van der Waals surface area contributed by atoms with Gasteiger partial charge in [0.15, 0.2) is 0 Å². The van der Waals surface area contributed by atoms with E-state index >= 15 is 0 Å². The predicted octanol–water partition coefficient (Wildman–Crippen LogP) is 2.11. The van der Waals surface area contributed by atoms with Gasteiger partial charge in [-0.25, -0.2) is 0 Å². The standard InChI is InChI=1S/C6H13N3O/c1-4-6(2,10-3)5-8-9-7/h4-5H2,1-3H3. The van der Waals surface area contributed by atoms with E-state index in [4.69, 9.17) is 10.3 Å². The molecule has 58 valence electrons. The van der Waals surface area contributed by atoms with Crippen molar-refractivity contribution in [2.45, 2.75) is 25.9 Å². The molecule has 0 aliphatic heterocycles. The molecule has 4 nitrogen and oxygen atoms in total. The smallest absolute Gasteiger partial charge is 0.0704 e. The Morgan fingerprint density at radius 2 is 2.30 bits per heavy atom. The van der Waals surface area contributed by atoms with Crippen LogP contribution in [0.15, 0.2) is 5.11 Å². The van der Waals surface area contributed by atoms with E-state index in [2.05, 4.69) is 10.0 Å². The summed E-state index contributed by atoms with van der Waals surface area (Å²) >= 11 is 0. The molecule has 1 unspecified atom stereocenters. The van der Waals surface area contributed by atoms with Crippen molar-refractivity contribution in [3.05, 3.63) is 10.4 Å². The molecule has 0 heterocycles. The number of nitrogens with zero attached hydrogens (tertiary/aromatic N) is 3. The molecule has 0 aliphatic rings. The first-order chi connectivity index (χ1) is 4.68. The molecule has 0 aromatic rings. The van der Waals surface area contributed by atoms with Gasteiger partial charge in [0.1, 0.15) is 0 Å². The topological polar surface area (TPSA) is 58.0 Å². The molecule has 1 atom stereocenters. The van der Waals surface area contributed by atoms with Crippen molar-refractivity contribution in [3.8, 4) is 0 Å². The Labute approximate surface area is 60.8 Å². The van der Waals surface area contributed by atoms with Gasteiger partial charge >= 0.3 is 0 Å². The number of azide groups is 1. The van der Waals surface area contributed by atoms with Crippen molar-refractivity contribution >= 4 is 0 Å². The van der Waals surface area contributed by atoms with E-state index in [1.54, 1.807) is 7.11 Å². The van der Waals surface area contributed by atoms with Crippen molar-refractivity contribution < 1.29 is 4.74 Å². The van der Waals surface area contributed by atoms with E-state index in [0.29, 0.717) is 6.54 Å². The first-order valence-corrected chi connectivity index (χ1v) is 3.24. The summed E-state index contributed by atoms with van der Waals surface area (Å²) in [6.07, 6.45) is 0.850. The fourth-order valence-corrected chi connectivity index (χ4v) is 0.502. The van der Waals surface area contributed by atoms with Crippen LogP contribution in [0, 0.1) is 0 Å². The van der Waals surface area contributed by atoms with Crippen LogP contribution < -0.4 is 0 Å². The highest BCUT2D eigenvalue weighted by atomic mass is 16.5. The van der Waals surface area contributed by atoms with Gasteiger partial charge in [0.05, 0.1) is 12.1 Å². The SMILES string of the molecule is CCC(C)(CN=[N+]=[N-])OC. The number of methoxy groups -OCH3 is 1. The molecule has 0 aromatic heterocycles. The van der Waals surface area contributed by atoms with E-state index in [1.807, 2.05) is 13.8 Å². The molecule has 0 radical (unpaired) electrons. The maximum Gasteiger partial charge on any atom is 0.0704 e. The summed E-state index contributed by atoms with van der Waals surface area (Å²) < 4.78 is 5.12. The molecule has 0 aromatic carbocycles. The lowest BCUT2D eigenvalue weighted by molar-refractivity contribution is 0.0110. The van der Waals surface area contributed by atoms with Crippen LogP contribution in [0.5, 0.6) is 0 Å². The molecule has 0 saturated heterocycles. The number of ether oxygens (including phenoxy) is 1. The Hall–Kier alpha value is -0.730. The van der Waals surface area contributed by atoms with Gasteiger partial charge in [-0.2, -0.15) is 0 Å². The first-order valence-electron chi connectivity index (χ1n) is 3.24. The van der Waals surface area contributed by atoms with Crippen LogP contribution in [0.3, 0.4) is 0 Å². The second-order valence-corrected chi connectivity index (χ2v) is 2.40. The van der Waals surface area contributed by atoms with Crippen molar-refractivity contribution in [1.29, 1.82) is 0 Å². The van der Waals surface area contributed by atoms with E-state index in [-0.39, 0.29) is 5.60 Å². The third kappa shape index (κ3) is 2.71. The molecule has 0 amide bonds. The zero-order valence-electron chi connectivity index (χ0n) is 6.66. The second-order valence-electron chi connectivity index (χ2n) is 2.40. The third-order valence-electron chi connectivity index (χ3n) is 1.71. The van der Waals surface area contributed by atoms with Crippen molar-refractivity contribution in [2.75, 3.05) is 13.7 Å². The van der Waals surface area contributed by atoms with Crippen LogP contribution in [0.1, 0.15) is 20.3 Å². The van der Waals surface area contributed by atoms with Crippen LogP contribution in [0.25, 0.3) is 10.4 Å². The van der Waals surface area contributed by atoms with Crippen LogP contribution >= 0.6 is 0 Å².